The average molecular weight is 242 g/mol. The van der Waals surface area contributed by atoms with Crippen molar-refractivity contribution in [2.75, 3.05) is 0 Å². The first-order chi connectivity index (χ1) is 7.91. The van der Waals surface area contributed by atoms with Crippen molar-refractivity contribution in [3.8, 4) is 5.75 Å². The van der Waals surface area contributed by atoms with E-state index >= 15 is 0 Å². The van der Waals surface area contributed by atoms with Crippen molar-refractivity contribution in [3.05, 3.63) is 34.9 Å². The van der Waals surface area contributed by atoms with Gasteiger partial charge in [-0.3, -0.25) is 0 Å². The highest BCUT2D eigenvalue weighted by Gasteiger charge is 2.41. The zero-order chi connectivity index (χ0) is 12.6. The van der Waals surface area contributed by atoms with E-state index in [9.17, 15) is 13.2 Å². The highest BCUT2D eigenvalue weighted by Crippen LogP contribution is 2.34. The van der Waals surface area contributed by atoms with Crippen LogP contribution in [0.15, 0.2) is 18.2 Å². The lowest BCUT2D eigenvalue weighted by Gasteiger charge is -2.24. The van der Waals surface area contributed by atoms with Crippen LogP contribution in [0.3, 0.4) is 0 Å². The van der Waals surface area contributed by atoms with E-state index in [0.29, 0.717) is 11.3 Å². The van der Waals surface area contributed by atoms with Crippen LogP contribution in [0.4, 0.5) is 13.2 Å². The van der Waals surface area contributed by atoms with Crippen LogP contribution in [-0.4, -0.2) is 12.3 Å². The summed E-state index contributed by atoms with van der Waals surface area (Å²) >= 11 is 0. The molecule has 1 aliphatic heterocycles. The maximum absolute atomic E-state index is 12.5. The largest absolute Gasteiger partial charge is 0.476 e. The van der Waals surface area contributed by atoms with Crippen molar-refractivity contribution >= 4 is 6.08 Å². The van der Waals surface area contributed by atoms with Crippen LogP contribution < -0.4 is 4.74 Å². The monoisotopic (exact) mass is 242 g/mol. The topological polar surface area (TPSA) is 9.23 Å². The highest BCUT2D eigenvalue weighted by atomic mass is 19.4. The van der Waals surface area contributed by atoms with Gasteiger partial charge in [-0.15, -0.1) is 0 Å². The lowest BCUT2D eigenvalue weighted by molar-refractivity contribution is -0.180. The minimum atomic E-state index is -4.36. The zero-order valence-electron chi connectivity index (χ0n) is 9.64. The van der Waals surface area contributed by atoms with Gasteiger partial charge in [-0.05, 0) is 42.7 Å². The van der Waals surface area contributed by atoms with Gasteiger partial charge in [0.15, 0.2) is 0 Å². The number of hydrogen-bond acceptors (Lipinski definition) is 1. The van der Waals surface area contributed by atoms with Crippen LogP contribution in [-0.2, 0) is 6.42 Å². The number of aryl methyl sites for hydroxylation is 2. The molecule has 2 rings (SSSR count). The third-order valence-corrected chi connectivity index (χ3v) is 2.88. The molecule has 0 aliphatic carbocycles. The molecule has 1 aromatic rings. The minimum Gasteiger partial charge on any atom is -0.476 e. The van der Waals surface area contributed by atoms with E-state index in [4.69, 9.17) is 4.74 Å². The Hall–Kier alpha value is -1.45. The van der Waals surface area contributed by atoms with Crippen molar-refractivity contribution < 1.29 is 17.9 Å². The Morgan fingerprint density at radius 2 is 2.00 bits per heavy atom. The number of hydrogen-bond donors (Lipinski definition) is 0. The summed E-state index contributed by atoms with van der Waals surface area (Å²) in [6, 6.07) is 3.56. The van der Waals surface area contributed by atoms with Crippen LogP contribution in [0.2, 0.25) is 0 Å². The van der Waals surface area contributed by atoms with Crippen LogP contribution >= 0.6 is 0 Å². The first-order valence-electron chi connectivity index (χ1n) is 5.47. The SMILES string of the molecule is CCc1cc2c(cc1C)OC(C(F)(F)F)C=C2. The van der Waals surface area contributed by atoms with Gasteiger partial charge >= 0.3 is 6.18 Å². The fourth-order valence-electron chi connectivity index (χ4n) is 1.90. The Kier molecular flexibility index (Phi) is 2.89. The van der Waals surface area contributed by atoms with Crippen LogP contribution in [0.1, 0.15) is 23.6 Å². The fourth-order valence-corrected chi connectivity index (χ4v) is 1.90. The first kappa shape index (κ1) is 12.0. The summed E-state index contributed by atoms with van der Waals surface area (Å²) in [5.74, 6) is 0.310. The second-order valence-corrected chi connectivity index (χ2v) is 4.11. The smallest absolute Gasteiger partial charge is 0.429 e. The Bertz CT molecular complexity index is 460. The van der Waals surface area contributed by atoms with Gasteiger partial charge < -0.3 is 4.74 Å². The molecule has 1 aromatic carbocycles. The van der Waals surface area contributed by atoms with E-state index in [2.05, 4.69) is 0 Å². The maximum atomic E-state index is 12.5. The molecule has 4 heteroatoms. The normalized spacial score (nSPS) is 18.8. The van der Waals surface area contributed by atoms with E-state index in [0.717, 1.165) is 23.6 Å². The van der Waals surface area contributed by atoms with Gasteiger partial charge in [-0.2, -0.15) is 13.2 Å². The van der Waals surface area contributed by atoms with E-state index in [1.54, 1.807) is 6.07 Å². The molecule has 0 fully saturated rings. The third-order valence-electron chi connectivity index (χ3n) is 2.88. The Morgan fingerprint density at radius 1 is 1.29 bits per heavy atom. The molecule has 1 aliphatic rings. The quantitative estimate of drug-likeness (QED) is 0.725. The van der Waals surface area contributed by atoms with Crippen molar-refractivity contribution in [1.82, 2.24) is 0 Å². The molecule has 1 heterocycles. The third kappa shape index (κ3) is 2.30. The molecule has 1 nitrogen and oxygen atoms in total. The van der Waals surface area contributed by atoms with Gasteiger partial charge in [-0.1, -0.05) is 13.0 Å². The molecule has 1 atom stereocenters. The van der Waals surface area contributed by atoms with Gasteiger partial charge in [0.1, 0.15) is 5.75 Å². The molecule has 0 radical (unpaired) electrons. The second-order valence-electron chi connectivity index (χ2n) is 4.11. The van der Waals surface area contributed by atoms with Crippen molar-refractivity contribution in [3.63, 3.8) is 0 Å². The van der Waals surface area contributed by atoms with E-state index in [1.807, 2.05) is 19.9 Å². The predicted molar refractivity (Wildman–Crippen MR) is 60.1 cm³/mol. The summed E-state index contributed by atoms with van der Waals surface area (Å²) in [6.45, 7) is 3.89. The standard InChI is InChI=1S/C13H13F3O/c1-3-9-7-10-4-5-12(13(14,15)16)17-11(10)6-8(9)2/h4-7,12H,3H2,1-2H3. The first-order valence-corrected chi connectivity index (χ1v) is 5.47. The fraction of sp³-hybridized carbons (Fsp3) is 0.385. The van der Waals surface area contributed by atoms with Gasteiger partial charge in [-0.25, -0.2) is 0 Å². The minimum absolute atomic E-state index is 0.310. The maximum Gasteiger partial charge on any atom is 0.429 e. The van der Waals surface area contributed by atoms with Gasteiger partial charge in [0, 0.05) is 5.56 Å². The molecule has 17 heavy (non-hydrogen) atoms. The molecule has 0 bridgehead atoms. The number of ether oxygens (including phenoxy) is 1. The van der Waals surface area contributed by atoms with Crippen molar-refractivity contribution in [2.45, 2.75) is 32.5 Å². The molecule has 0 N–H and O–H groups in total. The summed E-state index contributed by atoms with van der Waals surface area (Å²) < 4.78 is 42.5. The molecule has 0 amide bonds. The Balaban J connectivity index is 2.37. The van der Waals surface area contributed by atoms with Gasteiger partial charge in [0.05, 0.1) is 0 Å². The lowest BCUT2D eigenvalue weighted by Crippen LogP contribution is -2.33. The molecular weight excluding hydrogens is 229 g/mol. The molecule has 0 saturated heterocycles. The summed E-state index contributed by atoms with van der Waals surface area (Å²) in [5, 5.41) is 0. The van der Waals surface area contributed by atoms with E-state index in [-0.39, 0.29) is 0 Å². The predicted octanol–water partition coefficient (Wildman–Crippen LogP) is 3.89. The molecular formula is C13H13F3O. The molecule has 92 valence electrons. The highest BCUT2D eigenvalue weighted by molar-refractivity contribution is 5.62. The molecule has 0 spiro atoms. The molecule has 0 aromatic heterocycles. The summed E-state index contributed by atoms with van der Waals surface area (Å²) in [5.41, 5.74) is 2.80. The summed E-state index contributed by atoms with van der Waals surface area (Å²) in [7, 11) is 0. The number of benzene rings is 1. The van der Waals surface area contributed by atoms with Crippen LogP contribution in [0.5, 0.6) is 5.75 Å². The van der Waals surface area contributed by atoms with Gasteiger partial charge in [0.25, 0.3) is 0 Å². The number of rotatable bonds is 1. The van der Waals surface area contributed by atoms with E-state index < -0.39 is 12.3 Å². The summed E-state index contributed by atoms with van der Waals surface area (Å²) in [4.78, 5) is 0. The second kappa shape index (κ2) is 4.09. The van der Waals surface area contributed by atoms with E-state index in [1.165, 1.54) is 6.08 Å². The average Bonchev–Trinajstić information content (AvgIpc) is 2.26. The van der Waals surface area contributed by atoms with Gasteiger partial charge in [0.2, 0.25) is 6.10 Å². The molecule has 1 unspecified atom stereocenters. The summed E-state index contributed by atoms with van der Waals surface area (Å²) in [6.07, 6.45) is -2.80. The van der Waals surface area contributed by atoms with Crippen molar-refractivity contribution in [2.24, 2.45) is 0 Å². The van der Waals surface area contributed by atoms with Crippen LogP contribution in [0, 0.1) is 6.92 Å². The number of halogens is 3. The zero-order valence-corrected chi connectivity index (χ0v) is 9.64. The Labute approximate surface area is 97.9 Å². The van der Waals surface area contributed by atoms with Crippen molar-refractivity contribution in [1.29, 1.82) is 0 Å². The lowest BCUT2D eigenvalue weighted by atomic mass is 10.00. The Morgan fingerprint density at radius 3 is 2.59 bits per heavy atom. The number of fused-ring (bicyclic) bond motifs is 1. The number of alkyl halides is 3. The molecule has 0 saturated carbocycles. The van der Waals surface area contributed by atoms with Crippen LogP contribution in [0.25, 0.3) is 6.08 Å².